The number of hydrogen-bond acceptors (Lipinski definition) is 3. The molecule has 1 aliphatic heterocycles. The normalized spacial score (nSPS) is 23.6. The summed E-state index contributed by atoms with van der Waals surface area (Å²) >= 11 is 6.01. The maximum Gasteiger partial charge on any atom is 0.191 e. The quantitative estimate of drug-likeness (QED) is 0.362. The van der Waals surface area contributed by atoms with Crippen molar-refractivity contribution >= 4 is 51.4 Å². The summed E-state index contributed by atoms with van der Waals surface area (Å²) in [6.45, 7) is 3.46. The standard InChI is InChI=1S/C18H26ClN3O2S.HI/c1-2-20-17(22-16-8-11-25(23,24)12-16)21-13-18(9-3-10-18)14-4-6-15(19)7-5-14;/h4-7,16H,2-3,8-13H2,1H3,(H2,20,21,22);1H. The fraction of sp³-hybridized carbons (Fsp3) is 0.611. The van der Waals surface area contributed by atoms with Crippen molar-refractivity contribution in [3.63, 3.8) is 0 Å². The summed E-state index contributed by atoms with van der Waals surface area (Å²) in [4.78, 5) is 4.78. The summed E-state index contributed by atoms with van der Waals surface area (Å²) in [5, 5.41) is 7.28. The van der Waals surface area contributed by atoms with Gasteiger partial charge in [0, 0.05) is 23.0 Å². The molecule has 8 heteroatoms. The zero-order valence-corrected chi connectivity index (χ0v) is 18.9. The Morgan fingerprint density at radius 1 is 1.31 bits per heavy atom. The SMILES string of the molecule is CCNC(=NCC1(c2ccc(Cl)cc2)CCC1)NC1CCS(=O)(=O)C1.I. The molecular formula is C18H27ClIN3O2S. The molecule has 1 unspecified atom stereocenters. The van der Waals surface area contributed by atoms with E-state index in [4.69, 9.17) is 16.6 Å². The Hall–Kier alpha value is -0.540. The first-order valence-corrected chi connectivity index (χ1v) is 11.1. The largest absolute Gasteiger partial charge is 0.357 e. The van der Waals surface area contributed by atoms with Crippen molar-refractivity contribution in [2.45, 2.75) is 44.1 Å². The van der Waals surface area contributed by atoms with Crippen molar-refractivity contribution in [3.8, 4) is 0 Å². The van der Waals surface area contributed by atoms with Crippen molar-refractivity contribution in [3.05, 3.63) is 34.9 Å². The fourth-order valence-corrected chi connectivity index (χ4v) is 5.40. The first-order valence-electron chi connectivity index (χ1n) is 8.94. The van der Waals surface area contributed by atoms with Gasteiger partial charge in [0.2, 0.25) is 0 Å². The van der Waals surface area contributed by atoms with Gasteiger partial charge in [-0.2, -0.15) is 0 Å². The number of hydrogen-bond donors (Lipinski definition) is 2. The molecule has 1 atom stereocenters. The topological polar surface area (TPSA) is 70.6 Å². The highest BCUT2D eigenvalue weighted by Gasteiger charge is 2.38. The third-order valence-electron chi connectivity index (χ3n) is 5.22. The molecule has 1 heterocycles. The molecule has 1 aromatic carbocycles. The molecule has 1 aliphatic carbocycles. The van der Waals surface area contributed by atoms with Crippen molar-refractivity contribution in [1.29, 1.82) is 0 Å². The van der Waals surface area contributed by atoms with E-state index in [1.807, 2.05) is 19.1 Å². The van der Waals surface area contributed by atoms with Gasteiger partial charge in [-0.25, -0.2) is 8.42 Å². The maximum absolute atomic E-state index is 11.7. The smallest absolute Gasteiger partial charge is 0.191 e. The van der Waals surface area contributed by atoms with Gasteiger partial charge in [0.25, 0.3) is 0 Å². The van der Waals surface area contributed by atoms with E-state index >= 15 is 0 Å². The minimum atomic E-state index is -2.90. The zero-order chi connectivity index (χ0) is 17.9. The number of rotatable bonds is 5. The van der Waals surface area contributed by atoms with E-state index in [0.29, 0.717) is 18.9 Å². The molecule has 146 valence electrons. The highest BCUT2D eigenvalue weighted by atomic mass is 127. The summed E-state index contributed by atoms with van der Waals surface area (Å²) < 4.78 is 23.3. The molecule has 0 bridgehead atoms. The molecule has 1 aromatic rings. The zero-order valence-electron chi connectivity index (χ0n) is 15.0. The Morgan fingerprint density at radius 3 is 2.50 bits per heavy atom. The molecule has 1 saturated carbocycles. The van der Waals surface area contributed by atoms with Gasteiger partial charge in [0.1, 0.15) is 0 Å². The lowest BCUT2D eigenvalue weighted by molar-refractivity contribution is 0.253. The summed E-state index contributed by atoms with van der Waals surface area (Å²) in [5.41, 5.74) is 1.36. The second-order valence-corrected chi connectivity index (χ2v) is 9.75. The van der Waals surface area contributed by atoms with Crippen LogP contribution in [0.4, 0.5) is 0 Å². The van der Waals surface area contributed by atoms with Crippen LogP contribution in [0.5, 0.6) is 0 Å². The van der Waals surface area contributed by atoms with Crippen LogP contribution in [0.3, 0.4) is 0 Å². The summed E-state index contributed by atoms with van der Waals surface area (Å²) in [6, 6.07) is 8.03. The van der Waals surface area contributed by atoms with Gasteiger partial charge in [-0.05, 0) is 43.9 Å². The predicted octanol–water partition coefficient (Wildman–Crippen LogP) is 3.12. The lowest BCUT2D eigenvalue weighted by atomic mass is 9.64. The molecule has 2 fully saturated rings. The van der Waals surface area contributed by atoms with Crippen LogP contribution in [0.1, 0.15) is 38.2 Å². The number of halogens is 2. The lowest BCUT2D eigenvalue weighted by Gasteiger charge is -2.41. The highest BCUT2D eigenvalue weighted by molar-refractivity contribution is 14.0. The van der Waals surface area contributed by atoms with E-state index in [0.717, 1.165) is 24.4 Å². The van der Waals surface area contributed by atoms with Gasteiger partial charge in [-0.1, -0.05) is 30.2 Å². The van der Waals surface area contributed by atoms with E-state index in [1.54, 1.807) is 0 Å². The molecule has 0 spiro atoms. The first kappa shape index (κ1) is 21.8. The lowest BCUT2D eigenvalue weighted by Crippen LogP contribution is -2.45. The minimum absolute atomic E-state index is 0. The molecular weight excluding hydrogens is 485 g/mol. The maximum atomic E-state index is 11.7. The van der Waals surface area contributed by atoms with Gasteiger partial charge >= 0.3 is 0 Å². The van der Waals surface area contributed by atoms with Crippen molar-refractivity contribution in [2.24, 2.45) is 4.99 Å². The Morgan fingerprint density at radius 2 is 2.00 bits per heavy atom. The van der Waals surface area contributed by atoms with Gasteiger partial charge in [0.15, 0.2) is 15.8 Å². The van der Waals surface area contributed by atoms with Crippen LogP contribution in [0.15, 0.2) is 29.3 Å². The fourth-order valence-electron chi connectivity index (χ4n) is 3.60. The monoisotopic (exact) mass is 511 g/mol. The van der Waals surface area contributed by atoms with E-state index in [1.165, 1.54) is 12.0 Å². The summed E-state index contributed by atoms with van der Waals surface area (Å²) in [7, 11) is -2.90. The summed E-state index contributed by atoms with van der Waals surface area (Å²) in [6.07, 6.45) is 4.10. The second kappa shape index (κ2) is 9.10. The number of nitrogens with zero attached hydrogens (tertiary/aromatic N) is 1. The van der Waals surface area contributed by atoms with Gasteiger partial charge in [0.05, 0.1) is 18.1 Å². The molecule has 0 amide bonds. The molecule has 2 aliphatic rings. The Balaban J connectivity index is 0.00000243. The molecule has 0 aromatic heterocycles. The molecule has 2 N–H and O–H groups in total. The average molecular weight is 512 g/mol. The number of aliphatic imine (C=N–C) groups is 1. The minimum Gasteiger partial charge on any atom is -0.357 e. The number of benzene rings is 1. The van der Waals surface area contributed by atoms with E-state index in [-0.39, 0.29) is 46.9 Å². The first-order chi connectivity index (χ1) is 11.9. The van der Waals surface area contributed by atoms with Crippen LogP contribution in [0.25, 0.3) is 0 Å². The molecule has 0 radical (unpaired) electrons. The van der Waals surface area contributed by atoms with E-state index in [9.17, 15) is 8.42 Å². The van der Waals surface area contributed by atoms with Crippen molar-refractivity contribution < 1.29 is 8.42 Å². The number of guanidine groups is 1. The third-order valence-corrected chi connectivity index (χ3v) is 7.24. The van der Waals surface area contributed by atoms with Gasteiger partial charge in [-0.3, -0.25) is 4.99 Å². The van der Waals surface area contributed by atoms with Crippen LogP contribution in [0.2, 0.25) is 5.02 Å². The van der Waals surface area contributed by atoms with Crippen LogP contribution >= 0.6 is 35.6 Å². The molecule has 3 rings (SSSR count). The number of nitrogens with one attached hydrogen (secondary N) is 2. The average Bonchev–Trinajstić information content (AvgIpc) is 2.87. The highest BCUT2D eigenvalue weighted by Crippen LogP contribution is 2.44. The molecule has 5 nitrogen and oxygen atoms in total. The Bertz CT molecular complexity index is 733. The second-order valence-electron chi connectivity index (χ2n) is 7.08. The van der Waals surface area contributed by atoms with Crippen LogP contribution in [0, 0.1) is 0 Å². The molecule has 26 heavy (non-hydrogen) atoms. The van der Waals surface area contributed by atoms with E-state index < -0.39 is 9.84 Å². The number of sulfone groups is 1. The third kappa shape index (κ3) is 5.25. The van der Waals surface area contributed by atoms with Crippen LogP contribution in [-0.4, -0.2) is 45.0 Å². The summed E-state index contributed by atoms with van der Waals surface area (Å²) in [5.74, 6) is 1.17. The van der Waals surface area contributed by atoms with Crippen molar-refractivity contribution in [1.82, 2.24) is 10.6 Å². The predicted molar refractivity (Wildman–Crippen MR) is 119 cm³/mol. The molecule has 1 saturated heterocycles. The Labute approximate surface area is 178 Å². The van der Waals surface area contributed by atoms with Crippen molar-refractivity contribution in [2.75, 3.05) is 24.6 Å². The van der Waals surface area contributed by atoms with Gasteiger partial charge < -0.3 is 10.6 Å². The van der Waals surface area contributed by atoms with Gasteiger partial charge in [-0.15, -0.1) is 24.0 Å². The van der Waals surface area contributed by atoms with Crippen LogP contribution in [-0.2, 0) is 15.3 Å². The van der Waals surface area contributed by atoms with E-state index in [2.05, 4.69) is 22.8 Å². The Kier molecular flexibility index (Phi) is 7.62. The van der Waals surface area contributed by atoms with Crippen LogP contribution < -0.4 is 10.6 Å².